The van der Waals surface area contributed by atoms with E-state index in [1.54, 1.807) is 166 Å². The van der Waals surface area contributed by atoms with Crippen LogP contribution in [0.2, 0.25) is 0 Å². The molecule has 32 heavy (non-hydrogen) atoms. The average molecular weight is 479 g/mol. The van der Waals surface area contributed by atoms with Crippen LogP contribution in [0, 0.1) is 0 Å². The van der Waals surface area contributed by atoms with E-state index in [1.807, 2.05) is 0 Å². The van der Waals surface area contributed by atoms with Crippen molar-refractivity contribution in [3.05, 3.63) is 0 Å². The summed E-state index contributed by atoms with van der Waals surface area (Å²) < 4.78 is 0. The van der Waals surface area contributed by atoms with Crippen molar-refractivity contribution in [2.45, 2.75) is 177 Å². The second-order valence-electron chi connectivity index (χ2n) is 12.1. The quantitative estimate of drug-likeness (QED) is 0.252. The van der Waals surface area contributed by atoms with Crippen LogP contribution in [0.25, 0.3) is 0 Å². The van der Waals surface area contributed by atoms with Gasteiger partial charge in [0, 0.05) is 0 Å². The van der Waals surface area contributed by atoms with Gasteiger partial charge < -0.3 is 0 Å². The van der Waals surface area contributed by atoms with Gasteiger partial charge in [-0.05, 0) is 86.3 Å². The largest absolute Gasteiger partial charge is 0.1000 e. The lowest BCUT2D eigenvalue weighted by Crippen LogP contribution is -2.22. The fourth-order valence-corrected chi connectivity index (χ4v) is 16.5. The molecule has 0 nitrogen and oxygen atoms in total. The highest BCUT2D eigenvalue weighted by molar-refractivity contribution is 7.63. The molecule has 2 heteroatoms. The van der Waals surface area contributed by atoms with Gasteiger partial charge in [0.15, 0.2) is 0 Å². The number of hydrogen-bond acceptors (Lipinski definition) is 0. The van der Waals surface area contributed by atoms with E-state index >= 15 is 0 Å². The van der Waals surface area contributed by atoms with Crippen molar-refractivity contribution < 1.29 is 0 Å². The van der Waals surface area contributed by atoms with Gasteiger partial charge >= 0.3 is 0 Å². The Morgan fingerprint density at radius 2 is 0.469 bits per heavy atom. The molecule has 0 aliphatic heterocycles. The number of rotatable bonds is 7. The zero-order valence-corrected chi connectivity index (χ0v) is 23.4. The molecule has 4 fully saturated rings. The van der Waals surface area contributed by atoms with Gasteiger partial charge in [-0.1, -0.05) is 119 Å². The second-order valence-corrected chi connectivity index (χ2v) is 17.9. The summed E-state index contributed by atoms with van der Waals surface area (Å²) in [5.41, 5.74) is 4.65. The third-order valence-corrected chi connectivity index (χ3v) is 17.4. The molecule has 0 saturated heterocycles. The Labute approximate surface area is 204 Å². The molecule has 0 spiro atoms. The van der Waals surface area contributed by atoms with Crippen molar-refractivity contribution in [1.29, 1.82) is 0 Å². The summed E-state index contributed by atoms with van der Waals surface area (Å²) in [7, 11) is 0.595. The van der Waals surface area contributed by atoms with Gasteiger partial charge in [-0.15, -0.1) is 0 Å². The van der Waals surface area contributed by atoms with E-state index in [1.165, 1.54) is 0 Å². The first kappa shape index (κ1) is 25.9. The maximum Gasteiger partial charge on any atom is -0.0207 e. The first-order chi connectivity index (χ1) is 15.9. The first-order valence-corrected chi connectivity index (χ1v) is 18.8. The topological polar surface area (TPSA) is 0 Å². The molecule has 4 aliphatic carbocycles. The predicted molar refractivity (Wildman–Crippen MR) is 150 cm³/mol. The van der Waals surface area contributed by atoms with E-state index in [0.29, 0.717) is 15.8 Å². The van der Waals surface area contributed by atoms with Crippen molar-refractivity contribution in [1.82, 2.24) is 0 Å². The first-order valence-electron chi connectivity index (χ1n) is 15.4. The Balaban J connectivity index is 1.46. The smallest absolute Gasteiger partial charge is 0.0207 e. The van der Waals surface area contributed by atoms with E-state index < -0.39 is 0 Å². The highest BCUT2D eigenvalue weighted by Gasteiger charge is 2.34. The van der Waals surface area contributed by atoms with Gasteiger partial charge in [-0.2, -0.15) is 0 Å². The minimum Gasteiger partial charge on any atom is -0.1000 e. The van der Waals surface area contributed by atoms with Crippen LogP contribution < -0.4 is 0 Å². The van der Waals surface area contributed by atoms with Crippen LogP contribution in [0.3, 0.4) is 0 Å². The summed E-state index contributed by atoms with van der Waals surface area (Å²) in [6, 6.07) is 0. The van der Waals surface area contributed by atoms with Crippen molar-refractivity contribution in [3.63, 3.8) is 0 Å². The Morgan fingerprint density at radius 1 is 0.281 bits per heavy atom. The molecule has 0 heterocycles. The van der Waals surface area contributed by atoms with Gasteiger partial charge in [0.2, 0.25) is 0 Å². The summed E-state index contributed by atoms with van der Waals surface area (Å²) in [6.07, 6.45) is 41.2. The Hall–Kier alpha value is 0.860. The molecule has 4 aliphatic rings. The fraction of sp³-hybridized carbons (Fsp3) is 1.00. The van der Waals surface area contributed by atoms with E-state index in [-0.39, 0.29) is 0 Å². The maximum atomic E-state index is 1.71. The van der Waals surface area contributed by atoms with Gasteiger partial charge in [-0.3, -0.25) is 0 Å². The lowest BCUT2D eigenvalue weighted by molar-refractivity contribution is 0.658. The molecular formula is C30H56P2. The van der Waals surface area contributed by atoms with E-state index in [4.69, 9.17) is 0 Å². The minimum absolute atomic E-state index is 0.297. The highest BCUT2D eigenvalue weighted by Crippen LogP contribution is 2.60. The van der Waals surface area contributed by atoms with E-state index in [0.717, 1.165) is 22.6 Å². The highest BCUT2D eigenvalue weighted by atomic mass is 31.1. The molecule has 4 saturated carbocycles. The van der Waals surface area contributed by atoms with E-state index in [2.05, 4.69) is 0 Å². The summed E-state index contributed by atoms with van der Waals surface area (Å²) in [4.78, 5) is 0. The maximum absolute atomic E-state index is 1.71. The standard InChI is InChI=1S/C30H56P2/c1-2-10-18-27(17-9-1)31(28-19-11-3-4-12-20-28)25-26-32(29-21-13-5-6-14-22-29)30-23-15-7-8-16-24-30/h27-30H,1-26H2. The van der Waals surface area contributed by atoms with Crippen molar-refractivity contribution >= 4 is 15.8 Å². The van der Waals surface area contributed by atoms with Crippen LogP contribution in [0.4, 0.5) is 0 Å². The van der Waals surface area contributed by atoms with Crippen molar-refractivity contribution in [2.24, 2.45) is 0 Å². The molecule has 0 amide bonds. The molecule has 0 bridgehead atoms. The van der Waals surface area contributed by atoms with Crippen LogP contribution in [-0.2, 0) is 0 Å². The Morgan fingerprint density at radius 3 is 0.656 bits per heavy atom. The third-order valence-electron chi connectivity index (χ3n) is 9.79. The molecular weight excluding hydrogens is 422 g/mol. The van der Waals surface area contributed by atoms with Gasteiger partial charge in [0.25, 0.3) is 0 Å². The predicted octanol–water partition coefficient (Wildman–Crippen LogP) is 10.8. The van der Waals surface area contributed by atoms with Crippen LogP contribution in [0.5, 0.6) is 0 Å². The molecule has 186 valence electrons. The molecule has 0 aromatic heterocycles. The lowest BCUT2D eigenvalue weighted by Gasteiger charge is -2.39. The van der Waals surface area contributed by atoms with Crippen LogP contribution >= 0.6 is 15.8 Å². The fourth-order valence-electron chi connectivity index (χ4n) is 7.92. The number of hydrogen-bond donors (Lipinski definition) is 0. The monoisotopic (exact) mass is 478 g/mol. The van der Waals surface area contributed by atoms with Crippen molar-refractivity contribution in [3.8, 4) is 0 Å². The van der Waals surface area contributed by atoms with Crippen LogP contribution in [-0.4, -0.2) is 35.0 Å². The summed E-state index contributed by atoms with van der Waals surface area (Å²) in [6.45, 7) is 0. The van der Waals surface area contributed by atoms with Gasteiger partial charge in [0.05, 0.1) is 0 Å². The van der Waals surface area contributed by atoms with Crippen LogP contribution in [0.15, 0.2) is 0 Å². The Kier molecular flexibility index (Phi) is 12.2. The zero-order chi connectivity index (χ0) is 21.8. The summed E-state index contributed by atoms with van der Waals surface area (Å²) >= 11 is 0. The molecule has 0 unspecified atom stereocenters. The van der Waals surface area contributed by atoms with E-state index in [9.17, 15) is 0 Å². The third kappa shape index (κ3) is 8.22. The van der Waals surface area contributed by atoms with Gasteiger partial charge in [-0.25, -0.2) is 0 Å². The second kappa shape index (κ2) is 15.1. The normalized spacial score (nSPS) is 27.2. The SMILES string of the molecule is C1CCCC(P(CCP(C2CCCCCC2)C2CCCCCC2)C2CCCCCC2)CC1. The molecule has 0 aromatic rings. The average Bonchev–Trinajstić information content (AvgIpc) is 3.42. The lowest BCUT2D eigenvalue weighted by atomic mass is 10.2. The molecule has 0 radical (unpaired) electrons. The minimum atomic E-state index is 0.297. The molecule has 0 N–H and O–H groups in total. The zero-order valence-electron chi connectivity index (χ0n) is 21.6. The van der Waals surface area contributed by atoms with Crippen LogP contribution in [0.1, 0.15) is 154 Å². The molecule has 0 atom stereocenters. The van der Waals surface area contributed by atoms with Crippen molar-refractivity contribution in [2.75, 3.05) is 12.3 Å². The Bertz CT molecular complexity index is 375. The molecule has 0 aromatic carbocycles. The summed E-state index contributed by atoms with van der Waals surface area (Å²) in [5.74, 6) is 0. The van der Waals surface area contributed by atoms with Gasteiger partial charge in [0.1, 0.15) is 0 Å². The molecule has 4 rings (SSSR count). The summed E-state index contributed by atoms with van der Waals surface area (Å²) in [5, 5.41) is 0.